The van der Waals surface area contributed by atoms with Gasteiger partial charge < -0.3 is 4.52 Å². The van der Waals surface area contributed by atoms with Gasteiger partial charge in [0, 0.05) is 25.0 Å². The summed E-state index contributed by atoms with van der Waals surface area (Å²) in [7, 11) is 0. The molecule has 1 aliphatic rings. The second-order valence-electron chi connectivity index (χ2n) is 4.77. The molecule has 3 rings (SSSR count). The summed E-state index contributed by atoms with van der Waals surface area (Å²) in [6.45, 7) is 2.38. The Morgan fingerprint density at radius 2 is 2.21 bits per heavy atom. The molecule has 0 atom stereocenters. The third-order valence-corrected chi connectivity index (χ3v) is 4.50. The largest absolute Gasteiger partial charge is 0.340 e. The third-order valence-electron chi connectivity index (χ3n) is 3.52. The first-order valence-electron chi connectivity index (χ1n) is 6.22. The highest BCUT2D eigenvalue weighted by atomic mass is 35.5. The Morgan fingerprint density at radius 3 is 2.79 bits per heavy atom. The van der Waals surface area contributed by atoms with Crippen LogP contribution in [0.3, 0.4) is 0 Å². The molecule has 1 fully saturated rings. The maximum atomic E-state index is 6.02. The molecule has 1 saturated carbocycles. The summed E-state index contributed by atoms with van der Waals surface area (Å²) in [5.74, 6) is 1.33. The number of nitrogens with one attached hydrogen (secondary N) is 1. The van der Waals surface area contributed by atoms with Crippen LogP contribution in [0.5, 0.6) is 0 Å². The molecule has 0 aliphatic heterocycles. The molecule has 1 aliphatic carbocycles. The molecule has 0 bridgehead atoms. The lowest BCUT2D eigenvalue weighted by molar-refractivity contribution is 0.296. The highest BCUT2D eigenvalue weighted by molar-refractivity contribution is 7.10. The smallest absolute Gasteiger partial charge is 0.223 e. The lowest BCUT2D eigenvalue weighted by atomic mass is 9.96. The average molecular weight is 300 g/mol. The van der Waals surface area contributed by atoms with Gasteiger partial charge in [0.2, 0.25) is 5.89 Å². The molecular weight excluding hydrogens is 286 g/mol. The molecule has 0 aromatic carbocycles. The highest BCUT2D eigenvalue weighted by Crippen LogP contribution is 2.37. The normalized spacial score (nSPS) is 18.0. The summed E-state index contributed by atoms with van der Waals surface area (Å²) in [5.41, 5.74) is 0.559. The first-order chi connectivity index (χ1) is 9.20. The van der Waals surface area contributed by atoms with Gasteiger partial charge in [0.25, 0.3) is 0 Å². The fourth-order valence-corrected chi connectivity index (χ4v) is 3.13. The van der Waals surface area contributed by atoms with Crippen molar-refractivity contribution in [3.05, 3.63) is 21.7 Å². The highest BCUT2D eigenvalue weighted by Gasteiger charge is 2.39. The summed E-state index contributed by atoms with van der Waals surface area (Å²) in [6.07, 6.45) is 4.32. The van der Waals surface area contributed by atoms with Crippen molar-refractivity contribution in [3.8, 4) is 0 Å². The molecule has 2 heterocycles. The zero-order valence-electron chi connectivity index (χ0n) is 10.5. The van der Waals surface area contributed by atoms with E-state index in [1.165, 1.54) is 11.5 Å². The van der Waals surface area contributed by atoms with Crippen LogP contribution in [0, 0.1) is 6.92 Å². The Kier molecular flexibility index (Phi) is 3.51. The van der Waals surface area contributed by atoms with Gasteiger partial charge in [0.05, 0.1) is 5.54 Å². The molecule has 1 N–H and O–H groups in total. The molecule has 0 spiro atoms. The molecular formula is C11H14ClN5OS. The van der Waals surface area contributed by atoms with Gasteiger partial charge in [-0.15, -0.1) is 5.10 Å². The fourth-order valence-electron chi connectivity index (χ4n) is 2.51. The van der Waals surface area contributed by atoms with E-state index in [9.17, 15) is 0 Å². The van der Waals surface area contributed by atoms with Gasteiger partial charge in [-0.25, -0.2) is 0 Å². The Morgan fingerprint density at radius 1 is 1.42 bits per heavy atom. The first-order valence-corrected chi connectivity index (χ1v) is 7.37. The van der Waals surface area contributed by atoms with Crippen molar-refractivity contribution in [3.63, 3.8) is 0 Å². The number of hydrogen-bond acceptors (Lipinski definition) is 7. The molecule has 0 radical (unpaired) electrons. The van der Waals surface area contributed by atoms with Gasteiger partial charge in [-0.1, -0.05) is 34.1 Å². The minimum atomic E-state index is -0.218. The zero-order valence-corrected chi connectivity index (χ0v) is 12.1. The lowest BCUT2D eigenvalue weighted by Crippen LogP contribution is -2.40. The van der Waals surface area contributed by atoms with Crippen LogP contribution in [0.4, 0.5) is 0 Å². The van der Waals surface area contributed by atoms with Gasteiger partial charge >= 0.3 is 0 Å². The predicted octanol–water partition coefficient (Wildman–Crippen LogP) is 2.44. The van der Waals surface area contributed by atoms with Gasteiger partial charge in [-0.2, -0.15) is 4.98 Å². The summed E-state index contributed by atoms with van der Waals surface area (Å²) in [6, 6.07) is 0. The minimum absolute atomic E-state index is 0.218. The van der Waals surface area contributed by atoms with Gasteiger partial charge in [-0.05, 0) is 12.8 Å². The number of nitrogens with zero attached hydrogens (tertiary/aromatic N) is 4. The van der Waals surface area contributed by atoms with Crippen LogP contribution in [0.1, 0.15) is 43.1 Å². The summed E-state index contributed by atoms with van der Waals surface area (Å²) in [4.78, 5) is 4.38. The first kappa shape index (κ1) is 13.0. The van der Waals surface area contributed by atoms with Gasteiger partial charge in [0.1, 0.15) is 10.0 Å². The topological polar surface area (TPSA) is 76.7 Å². The summed E-state index contributed by atoms with van der Waals surface area (Å²) in [5, 5.41) is 11.6. The third kappa shape index (κ3) is 2.50. The Balaban J connectivity index is 1.80. The summed E-state index contributed by atoms with van der Waals surface area (Å²) < 4.78 is 9.58. The number of aryl methyl sites for hydroxylation is 1. The van der Waals surface area contributed by atoms with Gasteiger partial charge in [-0.3, -0.25) is 5.32 Å². The van der Waals surface area contributed by atoms with E-state index < -0.39 is 0 Å². The van der Waals surface area contributed by atoms with E-state index in [-0.39, 0.29) is 5.54 Å². The van der Waals surface area contributed by atoms with Crippen LogP contribution in [-0.2, 0) is 12.1 Å². The molecule has 0 amide bonds. The van der Waals surface area contributed by atoms with Crippen molar-refractivity contribution in [1.82, 2.24) is 25.0 Å². The van der Waals surface area contributed by atoms with E-state index in [1.807, 2.05) is 0 Å². The maximum Gasteiger partial charge on any atom is 0.223 e. The maximum absolute atomic E-state index is 6.02. The molecule has 102 valence electrons. The Bertz CT molecular complexity index is 563. The SMILES string of the molecule is Cc1nc(C2(NCc3nnsc3Cl)CCCC2)no1. The van der Waals surface area contributed by atoms with Crippen LogP contribution >= 0.6 is 23.1 Å². The van der Waals surface area contributed by atoms with Crippen LogP contribution in [-0.4, -0.2) is 19.7 Å². The molecule has 0 unspecified atom stereocenters. The predicted molar refractivity (Wildman–Crippen MR) is 70.9 cm³/mol. The van der Waals surface area contributed by atoms with Crippen LogP contribution in [0.2, 0.25) is 4.34 Å². The average Bonchev–Trinajstić information content (AvgIpc) is 3.08. The molecule has 0 saturated heterocycles. The molecule has 8 heteroatoms. The van der Waals surface area contributed by atoms with E-state index >= 15 is 0 Å². The van der Waals surface area contributed by atoms with E-state index in [2.05, 4.69) is 25.0 Å². The van der Waals surface area contributed by atoms with Crippen molar-refractivity contribution in [2.45, 2.75) is 44.7 Å². The van der Waals surface area contributed by atoms with Crippen molar-refractivity contribution >= 4 is 23.1 Å². The zero-order chi connectivity index (χ0) is 13.3. The Labute approximate surface area is 119 Å². The second-order valence-corrected chi connectivity index (χ2v) is 6.13. The van der Waals surface area contributed by atoms with Crippen molar-refractivity contribution in [2.24, 2.45) is 0 Å². The number of rotatable bonds is 4. The minimum Gasteiger partial charge on any atom is -0.340 e. The van der Waals surface area contributed by atoms with E-state index in [1.54, 1.807) is 6.92 Å². The van der Waals surface area contributed by atoms with E-state index in [4.69, 9.17) is 16.1 Å². The van der Waals surface area contributed by atoms with Crippen molar-refractivity contribution in [2.75, 3.05) is 0 Å². The molecule has 2 aromatic rings. The standard InChI is InChI=1S/C11H14ClN5OS/c1-7-14-10(16-18-7)11(4-2-3-5-11)13-6-8-9(12)19-17-15-8/h13H,2-6H2,1H3. The summed E-state index contributed by atoms with van der Waals surface area (Å²) >= 11 is 7.22. The number of halogens is 1. The quantitative estimate of drug-likeness (QED) is 0.934. The van der Waals surface area contributed by atoms with Crippen LogP contribution in [0.15, 0.2) is 4.52 Å². The van der Waals surface area contributed by atoms with Crippen molar-refractivity contribution in [1.29, 1.82) is 0 Å². The van der Waals surface area contributed by atoms with Gasteiger partial charge in [0.15, 0.2) is 5.82 Å². The fraction of sp³-hybridized carbons (Fsp3) is 0.636. The second kappa shape index (κ2) is 5.15. The van der Waals surface area contributed by atoms with E-state index in [0.29, 0.717) is 16.8 Å². The monoisotopic (exact) mass is 299 g/mol. The number of aromatic nitrogens is 4. The molecule has 2 aromatic heterocycles. The lowest BCUT2D eigenvalue weighted by Gasteiger charge is -2.26. The molecule has 6 nitrogen and oxygen atoms in total. The van der Waals surface area contributed by atoms with Crippen LogP contribution < -0.4 is 5.32 Å². The van der Waals surface area contributed by atoms with E-state index in [0.717, 1.165) is 37.2 Å². The van der Waals surface area contributed by atoms with Crippen molar-refractivity contribution < 1.29 is 4.52 Å². The van der Waals surface area contributed by atoms with Crippen LogP contribution in [0.25, 0.3) is 0 Å². The Hall–Kier alpha value is -1.05. The molecule has 19 heavy (non-hydrogen) atoms. The number of hydrogen-bond donors (Lipinski definition) is 1.